The maximum Gasteiger partial charge on any atom is 0.245 e. The van der Waals surface area contributed by atoms with Crippen LogP contribution in [0.4, 0.5) is 5.69 Å². The van der Waals surface area contributed by atoms with Crippen molar-refractivity contribution in [1.82, 2.24) is 4.90 Å². The number of amides is 1. The van der Waals surface area contributed by atoms with E-state index >= 15 is 0 Å². The molecular formula is C19H28N2O. The largest absolute Gasteiger partial charge is 0.374 e. The van der Waals surface area contributed by atoms with Gasteiger partial charge in [0.2, 0.25) is 5.91 Å². The van der Waals surface area contributed by atoms with Gasteiger partial charge in [-0.05, 0) is 75.1 Å². The Hall–Kier alpha value is -1.51. The number of carbonyl (C=O) groups excluding carboxylic acids is 1. The quantitative estimate of drug-likeness (QED) is 0.918. The molecular weight excluding hydrogens is 272 g/mol. The summed E-state index contributed by atoms with van der Waals surface area (Å²) in [5.41, 5.74) is 4.02. The Bertz CT molecular complexity index is 540. The zero-order valence-electron chi connectivity index (χ0n) is 13.9. The Labute approximate surface area is 134 Å². The van der Waals surface area contributed by atoms with Crippen molar-refractivity contribution in [2.75, 3.05) is 11.9 Å². The van der Waals surface area contributed by atoms with Gasteiger partial charge in [0.15, 0.2) is 0 Å². The van der Waals surface area contributed by atoms with E-state index in [9.17, 15) is 4.79 Å². The monoisotopic (exact) mass is 300 g/mol. The van der Waals surface area contributed by atoms with Crippen molar-refractivity contribution in [3.63, 3.8) is 0 Å². The molecule has 1 amide bonds. The van der Waals surface area contributed by atoms with E-state index in [0.29, 0.717) is 6.04 Å². The number of anilines is 1. The maximum atomic E-state index is 12.8. The van der Waals surface area contributed by atoms with Gasteiger partial charge in [0.1, 0.15) is 6.04 Å². The molecule has 1 aliphatic carbocycles. The molecule has 0 aromatic heterocycles. The minimum absolute atomic E-state index is 0.147. The lowest BCUT2D eigenvalue weighted by atomic mass is 9.99. The van der Waals surface area contributed by atoms with E-state index in [0.717, 1.165) is 31.5 Å². The number of nitrogens with one attached hydrogen (secondary N) is 1. The number of hydrogen-bond donors (Lipinski definition) is 1. The van der Waals surface area contributed by atoms with Gasteiger partial charge in [-0.1, -0.05) is 13.0 Å². The molecule has 1 aromatic rings. The third-order valence-corrected chi connectivity index (χ3v) is 5.23. The lowest BCUT2D eigenvalue weighted by Crippen LogP contribution is -2.49. The molecule has 2 atom stereocenters. The lowest BCUT2D eigenvalue weighted by molar-refractivity contribution is -0.135. The van der Waals surface area contributed by atoms with E-state index < -0.39 is 0 Å². The highest BCUT2D eigenvalue weighted by Gasteiger charge is 2.28. The number of rotatable bonds is 4. The molecule has 1 aromatic carbocycles. The van der Waals surface area contributed by atoms with E-state index in [4.69, 9.17) is 0 Å². The van der Waals surface area contributed by atoms with Crippen molar-refractivity contribution in [1.29, 1.82) is 0 Å². The van der Waals surface area contributed by atoms with Crippen molar-refractivity contribution in [3.8, 4) is 0 Å². The predicted octanol–water partition coefficient (Wildman–Crippen LogP) is 3.77. The highest BCUT2D eigenvalue weighted by molar-refractivity contribution is 5.84. The first-order valence-electron chi connectivity index (χ1n) is 8.88. The smallest absolute Gasteiger partial charge is 0.245 e. The van der Waals surface area contributed by atoms with E-state index in [-0.39, 0.29) is 11.9 Å². The van der Waals surface area contributed by atoms with Gasteiger partial charge in [0.25, 0.3) is 0 Å². The Balaban J connectivity index is 1.65. The molecule has 3 rings (SSSR count). The van der Waals surface area contributed by atoms with Gasteiger partial charge in [0, 0.05) is 18.3 Å². The summed E-state index contributed by atoms with van der Waals surface area (Å²) in [6.07, 6.45) is 8.28. The molecule has 3 nitrogen and oxygen atoms in total. The molecule has 120 valence electrons. The average molecular weight is 300 g/mol. The fourth-order valence-electron chi connectivity index (χ4n) is 3.94. The summed E-state index contributed by atoms with van der Waals surface area (Å²) in [5.74, 6) is 0.257. The summed E-state index contributed by atoms with van der Waals surface area (Å²) < 4.78 is 0. The van der Waals surface area contributed by atoms with Gasteiger partial charge < -0.3 is 10.2 Å². The molecule has 22 heavy (non-hydrogen) atoms. The molecule has 3 heteroatoms. The van der Waals surface area contributed by atoms with Crippen molar-refractivity contribution in [2.24, 2.45) is 0 Å². The van der Waals surface area contributed by atoms with Gasteiger partial charge in [-0.25, -0.2) is 0 Å². The number of aryl methyl sites for hydroxylation is 2. The van der Waals surface area contributed by atoms with Crippen LogP contribution in [0.3, 0.4) is 0 Å². The van der Waals surface area contributed by atoms with Crippen molar-refractivity contribution in [3.05, 3.63) is 29.3 Å². The Morgan fingerprint density at radius 3 is 2.91 bits per heavy atom. The van der Waals surface area contributed by atoms with Gasteiger partial charge in [-0.15, -0.1) is 0 Å². The number of carbonyl (C=O) groups is 1. The first-order chi connectivity index (χ1) is 10.7. The van der Waals surface area contributed by atoms with Crippen LogP contribution in [0, 0.1) is 0 Å². The van der Waals surface area contributed by atoms with Crippen LogP contribution >= 0.6 is 0 Å². The van der Waals surface area contributed by atoms with E-state index in [2.05, 4.69) is 35.3 Å². The third-order valence-electron chi connectivity index (χ3n) is 5.23. The molecule has 1 heterocycles. The van der Waals surface area contributed by atoms with Gasteiger partial charge in [-0.2, -0.15) is 0 Å². The normalized spacial score (nSPS) is 22.3. The molecule has 0 spiro atoms. The molecule has 0 radical (unpaired) electrons. The van der Waals surface area contributed by atoms with E-state index in [1.807, 2.05) is 6.92 Å². The van der Waals surface area contributed by atoms with Crippen molar-refractivity contribution >= 4 is 11.6 Å². The van der Waals surface area contributed by atoms with Crippen molar-refractivity contribution < 1.29 is 4.79 Å². The van der Waals surface area contributed by atoms with Gasteiger partial charge in [0.05, 0.1) is 0 Å². The number of hydrogen-bond acceptors (Lipinski definition) is 2. The average Bonchev–Trinajstić information content (AvgIpc) is 3.01. The number of fused-ring (bicyclic) bond motifs is 1. The Morgan fingerprint density at radius 1 is 1.27 bits per heavy atom. The summed E-state index contributed by atoms with van der Waals surface area (Å²) in [7, 11) is 0. The topological polar surface area (TPSA) is 32.3 Å². The highest BCUT2D eigenvalue weighted by Crippen LogP contribution is 2.26. The first kappa shape index (κ1) is 15.4. The SMILES string of the molecule is CCC1CCCCN1C(=O)C(C)Nc1ccc2c(c1)CCC2. The van der Waals surface area contributed by atoms with Gasteiger partial charge in [-0.3, -0.25) is 4.79 Å². The predicted molar refractivity (Wildman–Crippen MR) is 91.2 cm³/mol. The molecule has 1 saturated heterocycles. The summed E-state index contributed by atoms with van der Waals surface area (Å²) in [6.45, 7) is 5.11. The molecule has 1 fully saturated rings. The molecule has 0 bridgehead atoms. The standard InChI is InChI=1S/C19H28N2O/c1-3-18-9-4-5-12-21(18)19(22)14(2)20-17-11-10-15-7-6-8-16(15)13-17/h10-11,13-14,18,20H,3-9,12H2,1-2H3. The zero-order valence-corrected chi connectivity index (χ0v) is 13.9. The van der Waals surface area contributed by atoms with Crippen LogP contribution in [0.15, 0.2) is 18.2 Å². The van der Waals surface area contributed by atoms with Gasteiger partial charge >= 0.3 is 0 Å². The molecule has 2 unspecified atom stereocenters. The number of piperidine rings is 1. The molecule has 1 aliphatic heterocycles. The summed E-state index contributed by atoms with van der Waals surface area (Å²) in [4.78, 5) is 14.9. The van der Waals surface area contributed by atoms with E-state index in [1.165, 1.54) is 36.8 Å². The Kier molecular flexibility index (Phi) is 4.70. The minimum Gasteiger partial charge on any atom is -0.374 e. The second-order valence-electron chi connectivity index (χ2n) is 6.79. The summed E-state index contributed by atoms with van der Waals surface area (Å²) in [6, 6.07) is 6.87. The molecule has 2 aliphatic rings. The highest BCUT2D eigenvalue weighted by atomic mass is 16.2. The van der Waals surface area contributed by atoms with E-state index in [1.54, 1.807) is 0 Å². The maximum absolute atomic E-state index is 12.8. The number of nitrogens with zero attached hydrogens (tertiary/aromatic N) is 1. The molecule has 1 N–H and O–H groups in total. The summed E-state index contributed by atoms with van der Waals surface area (Å²) in [5, 5.41) is 3.42. The number of benzene rings is 1. The molecule has 0 saturated carbocycles. The second kappa shape index (κ2) is 6.72. The second-order valence-corrected chi connectivity index (χ2v) is 6.79. The van der Waals surface area contributed by atoms with Crippen LogP contribution < -0.4 is 5.32 Å². The van der Waals surface area contributed by atoms with Crippen LogP contribution in [0.25, 0.3) is 0 Å². The third kappa shape index (κ3) is 3.13. The summed E-state index contributed by atoms with van der Waals surface area (Å²) >= 11 is 0. The minimum atomic E-state index is -0.147. The van der Waals surface area contributed by atoms with Crippen molar-refractivity contribution in [2.45, 2.75) is 70.9 Å². The van der Waals surface area contributed by atoms with Crippen LogP contribution in [0.5, 0.6) is 0 Å². The lowest BCUT2D eigenvalue weighted by Gasteiger charge is -2.37. The zero-order chi connectivity index (χ0) is 15.5. The van der Waals surface area contributed by atoms with Crippen LogP contribution in [-0.4, -0.2) is 29.4 Å². The fourth-order valence-corrected chi connectivity index (χ4v) is 3.94. The number of likely N-dealkylation sites (tertiary alicyclic amines) is 1. The fraction of sp³-hybridized carbons (Fsp3) is 0.632. The van der Waals surface area contributed by atoms with Crippen LogP contribution in [0.2, 0.25) is 0 Å². The van der Waals surface area contributed by atoms with Crippen LogP contribution in [-0.2, 0) is 17.6 Å². The Morgan fingerprint density at radius 2 is 2.09 bits per heavy atom. The first-order valence-corrected chi connectivity index (χ1v) is 8.88. The van der Waals surface area contributed by atoms with Crippen LogP contribution in [0.1, 0.15) is 57.1 Å².